The van der Waals surface area contributed by atoms with Crippen molar-refractivity contribution in [1.82, 2.24) is 25.4 Å². The van der Waals surface area contributed by atoms with Gasteiger partial charge >= 0.3 is 6.03 Å². The van der Waals surface area contributed by atoms with E-state index in [0.29, 0.717) is 18.8 Å². The molecular formula is C22H31N5O6S. The second-order valence-electron chi connectivity index (χ2n) is 8.93. The number of nitrogens with zero attached hydrogens (tertiary/aromatic N) is 2. The Hall–Kier alpha value is -2.99. The highest BCUT2D eigenvalue weighted by Crippen LogP contribution is 2.37. The zero-order chi connectivity index (χ0) is 25.1. The minimum Gasteiger partial charge on any atom is -0.323 e. The molecule has 1 aliphatic heterocycles. The van der Waals surface area contributed by atoms with Crippen molar-refractivity contribution in [2.24, 2.45) is 5.92 Å². The van der Waals surface area contributed by atoms with Crippen LogP contribution in [-0.4, -0.2) is 67.1 Å². The predicted octanol–water partition coefficient (Wildman–Crippen LogP) is 0.654. The number of hydrogen-bond acceptors (Lipinski definition) is 6. The maximum Gasteiger partial charge on any atom is 0.325 e. The SMILES string of the molecule is CCC1CCC2(CC1)NC(=O)N(CC(=O)NNC(=O)CN(C)S(=O)(=O)c1ccc(C)cc1)C2=O. The third-order valence-corrected chi connectivity index (χ3v) is 8.34. The Morgan fingerprint density at radius 3 is 2.29 bits per heavy atom. The van der Waals surface area contributed by atoms with Gasteiger partial charge in [-0.05, 0) is 50.7 Å². The number of rotatable bonds is 7. The number of benzene rings is 1. The van der Waals surface area contributed by atoms with Gasteiger partial charge in [0.15, 0.2) is 0 Å². The number of sulfonamides is 1. The maximum absolute atomic E-state index is 12.9. The number of nitrogens with one attached hydrogen (secondary N) is 3. The van der Waals surface area contributed by atoms with Gasteiger partial charge in [-0.2, -0.15) is 4.31 Å². The number of imide groups is 1. The van der Waals surface area contributed by atoms with Gasteiger partial charge in [0.25, 0.3) is 17.7 Å². The number of hydrazine groups is 1. The molecule has 186 valence electrons. The summed E-state index contributed by atoms with van der Waals surface area (Å²) in [5, 5.41) is 2.74. The van der Waals surface area contributed by atoms with E-state index >= 15 is 0 Å². The van der Waals surface area contributed by atoms with Crippen molar-refractivity contribution >= 4 is 33.8 Å². The lowest BCUT2D eigenvalue weighted by Gasteiger charge is -2.34. The van der Waals surface area contributed by atoms with Crippen LogP contribution < -0.4 is 16.2 Å². The molecule has 1 spiro atoms. The van der Waals surface area contributed by atoms with Crippen LogP contribution in [-0.2, 0) is 24.4 Å². The van der Waals surface area contributed by atoms with Gasteiger partial charge in [0.1, 0.15) is 12.1 Å². The summed E-state index contributed by atoms with van der Waals surface area (Å²) >= 11 is 0. The molecule has 1 saturated heterocycles. The van der Waals surface area contributed by atoms with E-state index in [4.69, 9.17) is 0 Å². The molecule has 0 bridgehead atoms. The van der Waals surface area contributed by atoms with Crippen LogP contribution in [0.3, 0.4) is 0 Å². The molecule has 0 atom stereocenters. The molecule has 1 aromatic carbocycles. The van der Waals surface area contributed by atoms with Gasteiger partial charge in [0.05, 0.1) is 11.4 Å². The first-order valence-electron chi connectivity index (χ1n) is 11.2. The van der Waals surface area contributed by atoms with Gasteiger partial charge in [-0.15, -0.1) is 0 Å². The molecule has 1 aromatic rings. The summed E-state index contributed by atoms with van der Waals surface area (Å²) in [5.74, 6) is -1.47. The minimum atomic E-state index is -3.89. The number of aryl methyl sites for hydroxylation is 1. The molecular weight excluding hydrogens is 462 g/mol. The van der Waals surface area contributed by atoms with E-state index in [0.717, 1.165) is 34.0 Å². The molecule has 12 heteroatoms. The van der Waals surface area contributed by atoms with Crippen LogP contribution in [0.5, 0.6) is 0 Å². The third kappa shape index (κ3) is 5.39. The molecule has 5 amide bonds. The monoisotopic (exact) mass is 493 g/mol. The third-order valence-electron chi connectivity index (χ3n) is 6.52. The van der Waals surface area contributed by atoms with Crippen LogP contribution >= 0.6 is 0 Å². The summed E-state index contributed by atoms with van der Waals surface area (Å²) in [6, 6.07) is 5.55. The molecule has 1 aliphatic carbocycles. The molecule has 11 nitrogen and oxygen atoms in total. The molecule has 0 aromatic heterocycles. The fourth-order valence-electron chi connectivity index (χ4n) is 4.28. The molecule has 34 heavy (non-hydrogen) atoms. The summed E-state index contributed by atoms with van der Waals surface area (Å²) in [7, 11) is -2.64. The van der Waals surface area contributed by atoms with Crippen LogP contribution in [0, 0.1) is 12.8 Å². The van der Waals surface area contributed by atoms with Gasteiger partial charge in [0.2, 0.25) is 10.0 Å². The first-order valence-corrected chi connectivity index (χ1v) is 12.7. The van der Waals surface area contributed by atoms with E-state index in [-0.39, 0.29) is 4.90 Å². The van der Waals surface area contributed by atoms with Crippen molar-refractivity contribution in [3.63, 3.8) is 0 Å². The Labute approximate surface area is 199 Å². The molecule has 0 radical (unpaired) electrons. The fraction of sp³-hybridized carbons (Fsp3) is 0.545. The average Bonchev–Trinajstić information content (AvgIpc) is 3.02. The molecule has 2 fully saturated rings. The highest BCUT2D eigenvalue weighted by molar-refractivity contribution is 7.89. The van der Waals surface area contributed by atoms with E-state index in [1.807, 2.05) is 6.92 Å². The van der Waals surface area contributed by atoms with E-state index in [1.165, 1.54) is 19.2 Å². The molecule has 0 unspecified atom stereocenters. The lowest BCUT2D eigenvalue weighted by Crippen LogP contribution is -2.51. The molecule has 1 saturated carbocycles. The first kappa shape index (κ1) is 25.6. The van der Waals surface area contributed by atoms with E-state index in [1.54, 1.807) is 12.1 Å². The Bertz CT molecular complexity index is 1060. The highest BCUT2D eigenvalue weighted by Gasteiger charge is 2.52. The maximum atomic E-state index is 12.9. The highest BCUT2D eigenvalue weighted by atomic mass is 32.2. The van der Waals surface area contributed by atoms with Gasteiger partial charge in [0, 0.05) is 7.05 Å². The molecule has 1 heterocycles. The Balaban J connectivity index is 1.50. The van der Waals surface area contributed by atoms with E-state index in [2.05, 4.69) is 23.1 Å². The van der Waals surface area contributed by atoms with Gasteiger partial charge < -0.3 is 5.32 Å². The quantitative estimate of drug-likeness (QED) is 0.376. The summed E-state index contributed by atoms with van der Waals surface area (Å²) < 4.78 is 26.0. The second kappa shape index (κ2) is 10.1. The number of urea groups is 1. The van der Waals surface area contributed by atoms with Crippen molar-refractivity contribution < 1.29 is 27.6 Å². The van der Waals surface area contributed by atoms with Crippen molar-refractivity contribution in [1.29, 1.82) is 0 Å². The largest absolute Gasteiger partial charge is 0.325 e. The van der Waals surface area contributed by atoms with E-state index in [9.17, 15) is 27.6 Å². The second-order valence-corrected chi connectivity index (χ2v) is 11.0. The standard InChI is InChI=1S/C22H31N5O6S/c1-4-16-9-11-22(12-10-16)20(30)27(21(31)23-22)14-19(29)25-24-18(28)13-26(3)34(32,33)17-7-5-15(2)6-8-17/h5-8,16H,4,9-14H2,1-3H3,(H,23,31)(H,24,28)(H,25,29). The average molecular weight is 494 g/mol. The van der Waals surface area contributed by atoms with Crippen molar-refractivity contribution in [3.05, 3.63) is 29.8 Å². The summed E-state index contributed by atoms with van der Waals surface area (Å²) in [5.41, 5.74) is 4.18. The number of hydrogen-bond donors (Lipinski definition) is 3. The molecule has 2 aliphatic rings. The van der Waals surface area contributed by atoms with Gasteiger partial charge in [-0.1, -0.05) is 31.0 Å². The zero-order valence-corrected chi connectivity index (χ0v) is 20.4. The van der Waals surface area contributed by atoms with Crippen LogP contribution in [0.2, 0.25) is 0 Å². The predicted molar refractivity (Wildman–Crippen MR) is 123 cm³/mol. The normalized spacial score (nSPS) is 22.7. The number of amides is 5. The first-order chi connectivity index (χ1) is 16.0. The van der Waals surface area contributed by atoms with Crippen molar-refractivity contribution in [2.75, 3.05) is 20.1 Å². The smallest absolute Gasteiger partial charge is 0.323 e. The number of carbonyl (C=O) groups excluding carboxylic acids is 4. The lowest BCUT2D eigenvalue weighted by atomic mass is 9.75. The fourth-order valence-corrected chi connectivity index (χ4v) is 5.40. The van der Waals surface area contributed by atoms with E-state index < -0.39 is 52.4 Å². The van der Waals surface area contributed by atoms with Crippen molar-refractivity contribution in [3.8, 4) is 0 Å². The summed E-state index contributed by atoms with van der Waals surface area (Å²) in [6.45, 7) is 2.83. The zero-order valence-electron chi connectivity index (χ0n) is 19.6. The molecule has 3 N–H and O–H groups in total. The van der Waals surface area contributed by atoms with Crippen molar-refractivity contribution in [2.45, 2.75) is 56.4 Å². The van der Waals surface area contributed by atoms with Gasteiger partial charge in [-0.3, -0.25) is 30.1 Å². The summed E-state index contributed by atoms with van der Waals surface area (Å²) in [4.78, 5) is 50.5. The number of carbonyl (C=O) groups is 4. The topological polar surface area (TPSA) is 145 Å². The Morgan fingerprint density at radius 1 is 1.12 bits per heavy atom. The Kier molecular flexibility index (Phi) is 7.61. The lowest BCUT2D eigenvalue weighted by molar-refractivity contribution is -0.136. The van der Waals surface area contributed by atoms with Gasteiger partial charge in [-0.25, -0.2) is 13.2 Å². The van der Waals surface area contributed by atoms with Crippen LogP contribution in [0.25, 0.3) is 0 Å². The Morgan fingerprint density at radius 2 is 1.71 bits per heavy atom. The molecule has 3 rings (SSSR count). The van der Waals surface area contributed by atoms with Crippen LogP contribution in [0.1, 0.15) is 44.6 Å². The number of likely N-dealkylation sites (N-methyl/N-ethyl adjacent to an activating group) is 1. The van der Waals surface area contributed by atoms with Crippen LogP contribution in [0.15, 0.2) is 29.2 Å². The van der Waals surface area contributed by atoms with Crippen LogP contribution in [0.4, 0.5) is 4.79 Å². The summed E-state index contributed by atoms with van der Waals surface area (Å²) in [6.07, 6.45) is 3.75. The minimum absolute atomic E-state index is 0.0397.